The van der Waals surface area contributed by atoms with Crippen LogP contribution in [0.5, 0.6) is 0 Å². The van der Waals surface area contributed by atoms with Crippen molar-refractivity contribution in [3.63, 3.8) is 0 Å². The average Bonchev–Trinajstić information content (AvgIpc) is 2.92. The lowest BCUT2D eigenvalue weighted by molar-refractivity contribution is -0.146. The number of aromatic nitrogens is 1. The lowest BCUT2D eigenvalue weighted by atomic mass is 9.99. The number of anilines is 1. The lowest BCUT2D eigenvalue weighted by Crippen LogP contribution is -2.25. The van der Waals surface area contributed by atoms with Gasteiger partial charge in [0.05, 0.1) is 11.0 Å². The zero-order chi connectivity index (χ0) is 17.4. The number of amides is 1. The Kier molecular flexibility index (Phi) is 7.62. The van der Waals surface area contributed by atoms with Crippen molar-refractivity contribution >= 4 is 29.5 Å². The molecule has 6 nitrogen and oxygen atoms in total. The molecule has 7 heteroatoms. The Balaban J connectivity index is 1.68. The predicted molar refractivity (Wildman–Crippen MR) is 94.0 cm³/mol. The molecule has 0 radical (unpaired) electrons. The van der Waals surface area contributed by atoms with E-state index in [0.717, 1.165) is 25.7 Å². The molecule has 1 N–H and O–H groups in total. The third kappa shape index (κ3) is 6.55. The third-order valence-corrected chi connectivity index (χ3v) is 5.17. The Morgan fingerprint density at radius 2 is 2.00 bits per heavy atom. The second-order valence-corrected chi connectivity index (χ2v) is 7.55. The molecule has 1 saturated carbocycles. The second-order valence-electron chi connectivity index (χ2n) is 6.22. The van der Waals surface area contributed by atoms with E-state index in [4.69, 9.17) is 9.26 Å². The molecule has 24 heavy (non-hydrogen) atoms. The van der Waals surface area contributed by atoms with Crippen molar-refractivity contribution in [2.45, 2.75) is 70.1 Å². The van der Waals surface area contributed by atoms with Gasteiger partial charge in [0.15, 0.2) is 5.82 Å². The molecule has 1 atom stereocenters. The van der Waals surface area contributed by atoms with Gasteiger partial charge >= 0.3 is 5.97 Å². The molecule has 1 aliphatic carbocycles. The van der Waals surface area contributed by atoms with Crippen LogP contribution in [0.4, 0.5) is 5.82 Å². The molecule has 1 amide bonds. The summed E-state index contributed by atoms with van der Waals surface area (Å²) in [6.07, 6.45) is 7.94. The Labute approximate surface area is 147 Å². The monoisotopic (exact) mass is 354 g/mol. The van der Waals surface area contributed by atoms with Gasteiger partial charge in [-0.3, -0.25) is 9.59 Å². The van der Waals surface area contributed by atoms with Gasteiger partial charge in [-0.15, -0.1) is 11.8 Å². The van der Waals surface area contributed by atoms with E-state index in [9.17, 15) is 9.59 Å². The molecule has 1 fully saturated rings. The smallest absolute Gasteiger partial charge is 0.316 e. The van der Waals surface area contributed by atoms with Crippen LogP contribution in [0.15, 0.2) is 10.6 Å². The highest BCUT2D eigenvalue weighted by molar-refractivity contribution is 8.01. The zero-order valence-corrected chi connectivity index (χ0v) is 15.2. The van der Waals surface area contributed by atoms with E-state index in [-0.39, 0.29) is 29.0 Å². The number of carbonyl (C=O) groups is 2. The van der Waals surface area contributed by atoms with Crippen molar-refractivity contribution in [2.24, 2.45) is 0 Å². The van der Waals surface area contributed by atoms with Crippen LogP contribution in [-0.4, -0.2) is 34.1 Å². The first-order valence-corrected chi connectivity index (χ1v) is 9.64. The van der Waals surface area contributed by atoms with E-state index < -0.39 is 0 Å². The van der Waals surface area contributed by atoms with Crippen LogP contribution >= 0.6 is 11.8 Å². The molecule has 134 valence electrons. The minimum Gasteiger partial charge on any atom is -0.462 e. The van der Waals surface area contributed by atoms with Crippen LogP contribution in [0.25, 0.3) is 0 Å². The molecule has 1 heterocycles. The molecular weight excluding hydrogens is 328 g/mol. The van der Waals surface area contributed by atoms with Crippen molar-refractivity contribution < 1.29 is 18.8 Å². The minimum absolute atomic E-state index is 0.0423. The average molecular weight is 354 g/mol. The zero-order valence-electron chi connectivity index (χ0n) is 14.4. The van der Waals surface area contributed by atoms with Crippen LogP contribution in [0.3, 0.4) is 0 Å². The number of esters is 1. The van der Waals surface area contributed by atoms with Gasteiger partial charge in [0.25, 0.3) is 0 Å². The summed E-state index contributed by atoms with van der Waals surface area (Å²) in [7, 11) is 0. The van der Waals surface area contributed by atoms with Crippen molar-refractivity contribution in [1.82, 2.24) is 5.16 Å². The molecule has 1 aromatic heterocycles. The summed E-state index contributed by atoms with van der Waals surface area (Å²) in [6.45, 7) is 3.52. The van der Waals surface area contributed by atoms with Gasteiger partial charge in [0, 0.05) is 6.07 Å². The molecule has 1 aromatic rings. The van der Waals surface area contributed by atoms with Crippen LogP contribution < -0.4 is 5.32 Å². The van der Waals surface area contributed by atoms with E-state index in [1.165, 1.54) is 31.0 Å². The molecule has 1 aliphatic rings. The van der Waals surface area contributed by atoms with Crippen molar-refractivity contribution in [1.29, 1.82) is 0 Å². The molecule has 0 aromatic carbocycles. The predicted octanol–water partition coefficient (Wildman–Crippen LogP) is 3.70. The van der Waals surface area contributed by atoms with Gasteiger partial charge in [-0.25, -0.2) is 0 Å². The maximum atomic E-state index is 12.0. The fourth-order valence-electron chi connectivity index (χ4n) is 2.68. The SMILES string of the molecule is Cc1cc(NC(=O)[C@@H](C)SCC(=O)OC2CCCCCCC2)no1. The summed E-state index contributed by atoms with van der Waals surface area (Å²) >= 11 is 1.27. The summed E-state index contributed by atoms with van der Waals surface area (Å²) in [5, 5.41) is 6.02. The van der Waals surface area contributed by atoms with Gasteiger partial charge < -0.3 is 14.6 Å². The number of carbonyl (C=O) groups excluding carboxylic acids is 2. The van der Waals surface area contributed by atoms with E-state index in [0.29, 0.717) is 11.6 Å². The summed E-state index contributed by atoms with van der Waals surface area (Å²) < 4.78 is 10.5. The lowest BCUT2D eigenvalue weighted by Gasteiger charge is -2.20. The van der Waals surface area contributed by atoms with Crippen LogP contribution in [0.1, 0.15) is 57.6 Å². The van der Waals surface area contributed by atoms with Crippen molar-refractivity contribution in [3.8, 4) is 0 Å². The number of nitrogens with one attached hydrogen (secondary N) is 1. The second kappa shape index (κ2) is 9.71. The van der Waals surface area contributed by atoms with Crippen molar-refractivity contribution in [2.75, 3.05) is 11.1 Å². The van der Waals surface area contributed by atoms with Crippen LogP contribution in [0.2, 0.25) is 0 Å². The highest BCUT2D eigenvalue weighted by atomic mass is 32.2. The van der Waals surface area contributed by atoms with Gasteiger partial charge in [-0.2, -0.15) is 0 Å². The highest BCUT2D eigenvalue weighted by Gasteiger charge is 2.20. The maximum absolute atomic E-state index is 12.0. The Hall–Kier alpha value is -1.50. The number of ether oxygens (including phenoxy) is 1. The number of thioether (sulfide) groups is 1. The van der Waals surface area contributed by atoms with Crippen LogP contribution in [-0.2, 0) is 14.3 Å². The standard InChI is InChI=1S/C17H26N2O4S/c1-12-10-15(19-23-12)18-17(21)13(2)24-11-16(20)22-14-8-6-4-3-5-7-9-14/h10,13-14H,3-9,11H2,1-2H3,(H,18,19,21)/t13-/m1/s1. The normalized spacial score (nSPS) is 17.6. The van der Waals surface area contributed by atoms with E-state index >= 15 is 0 Å². The molecule has 0 unspecified atom stereocenters. The number of hydrogen-bond acceptors (Lipinski definition) is 6. The Morgan fingerprint density at radius 1 is 1.33 bits per heavy atom. The fraction of sp³-hybridized carbons (Fsp3) is 0.706. The van der Waals surface area contributed by atoms with Gasteiger partial charge in [0.2, 0.25) is 5.91 Å². The quantitative estimate of drug-likeness (QED) is 0.785. The topological polar surface area (TPSA) is 81.4 Å². The molecule has 2 rings (SSSR count). The van der Waals surface area contributed by atoms with Gasteiger partial charge in [-0.05, 0) is 39.5 Å². The van der Waals surface area contributed by atoms with E-state index in [1.54, 1.807) is 19.9 Å². The highest BCUT2D eigenvalue weighted by Crippen LogP contribution is 2.21. The summed E-state index contributed by atoms with van der Waals surface area (Å²) in [6, 6.07) is 1.65. The van der Waals surface area contributed by atoms with Crippen LogP contribution in [0, 0.1) is 6.92 Å². The Bertz CT molecular complexity index is 538. The number of rotatable bonds is 6. The molecular formula is C17H26N2O4S. The number of nitrogens with zero attached hydrogens (tertiary/aromatic N) is 1. The van der Waals surface area contributed by atoms with E-state index in [2.05, 4.69) is 10.5 Å². The minimum atomic E-state index is -0.369. The molecule has 0 saturated heterocycles. The van der Waals surface area contributed by atoms with Crippen molar-refractivity contribution in [3.05, 3.63) is 11.8 Å². The largest absolute Gasteiger partial charge is 0.462 e. The molecule has 0 aliphatic heterocycles. The number of hydrogen-bond donors (Lipinski definition) is 1. The third-order valence-electron chi connectivity index (χ3n) is 4.05. The van der Waals surface area contributed by atoms with Gasteiger partial charge in [0.1, 0.15) is 11.9 Å². The summed E-state index contributed by atoms with van der Waals surface area (Å²) in [4.78, 5) is 24.0. The summed E-state index contributed by atoms with van der Waals surface area (Å²) in [5.74, 6) is 0.771. The first-order chi connectivity index (χ1) is 11.5. The molecule has 0 bridgehead atoms. The molecule has 0 spiro atoms. The first-order valence-electron chi connectivity index (χ1n) is 8.60. The van der Waals surface area contributed by atoms with E-state index in [1.807, 2.05) is 0 Å². The maximum Gasteiger partial charge on any atom is 0.316 e. The fourth-order valence-corrected chi connectivity index (χ4v) is 3.34. The first kappa shape index (κ1) is 18.8. The van der Waals surface area contributed by atoms with Gasteiger partial charge in [-0.1, -0.05) is 24.4 Å². The summed E-state index contributed by atoms with van der Waals surface area (Å²) in [5.41, 5.74) is 0. The number of aryl methyl sites for hydroxylation is 1. The Morgan fingerprint density at radius 3 is 2.62 bits per heavy atom.